The molecule has 18 heavy (non-hydrogen) atoms. The zero-order chi connectivity index (χ0) is 13.5. The lowest BCUT2D eigenvalue weighted by atomic mass is 10.0. The predicted octanol–water partition coefficient (Wildman–Crippen LogP) is 2.88. The molecule has 4 nitrogen and oxygen atoms in total. The van der Waals surface area contributed by atoms with Gasteiger partial charge >= 0.3 is 11.9 Å². The van der Waals surface area contributed by atoms with Crippen LogP contribution in [0.2, 0.25) is 0 Å². The fourth-order valence-corrected chi connectivity index (χ4v) is 1.48. The summed E-state index contributed by atoms with van der Waals surface area (Å²) >= 11 is 0. The van der Waals surface area contributed by atoms with Gasteiger partial charge in [0.15, 0.2) is 0 Å². The second kappa shape index (κ2) is 6.59. The standard InChI is InChI=1S/C14H16O4/c1-3-10(9-13(15)16)11-5-7-12(8-6-11)18-14(17)4-2/h5-9H,3-4H2,1-2H3,(H,15,16). The normalized spacial score (nSPS) is 11.1. The Kier molecular flexibility index (Phi) is 5.11. The highest BCUT2D eigenvalue weighted by Gasteiger charge is 2.04. The van der Waals surface area contributed by atoms with Crippen LogP contribution < -0.4 is 4.74 Å². The highest BCUT2D eigenvalue weighted by Crippen LogP contribution is 2.21. The summed E-state index contributed by atoms with van der Waals surface area (Å²) in [5.41, 5.74) is 1.55. The number of carboxylic acids is 1. The molecular weight excluding hydrogens is 232 g/mol. The lowest BCUT2D eigenvalue weighted by Crippen LogP contribution is -2.05. The van der Waals surface area contributed by atoms with Crippen molar-refractivity contribution in [2.45, 2.75) is 26.7 Å². The second-order valence-electron chi connectivity index (χ2n) is 3.71. The molecular formula is C14H16O4. The molecule has 0 aliphatic carbocycles. The second-order valence-corrected chi connectivity index (χ2v) is 3.71. The van der Waals surface area contributed by atoms with Crippen molar-refractivity contribution >= 4 is 17.5 Å². The molecule has 0 aromatic heterocycles. The van der Waals surface area contributed by atoms with Crippen LogP contribution in [-0.4, -0.2) is 17.0 Å². The number of benzene rings is 1. The van der Waals surface area contributed by atoms with Crippen molar-refractivity contribution in [3.05, 3.63) is 35.9 Å². The fourth-order valence-electron chi connectivity index (χ4n) is 1.48. The van der Waals surface area contributed by atoms with Crippen LogP contribution >= 0.6 is 0 Å². The first kappa shape index (κ1) is 14.0. The van der Waals surface area contributed by atoms with Gasteiger partial charge < -0.3 is 9.84 Å². The van der Waals surface area contributed by atoms with Gasteiger partial charge in [0, 0.05) is 12.5 Å². The van der Waals surface area contributed by atoms with E-state index in [-0.39, 0.29) is 5.97 Å². The van der Waals surface area contributed by atoms with Crippen LogP contribution in [0.3, 0.4) is 0 Å². The quantitative estimate of drug-likeness (QED) is 0.494. The molecule has 1 N–H and O–H groups in total. The molecule has 0 radical (unpaired) electrons. The maximum Gasteiger partial charge on any atom is 0.328 e. The average molecular weight is 248 g/mol. The summed E-state index contributed by atoms with van der Waals surface area (Å²) < 4.78 is 5.04. The van der Waals surface area contributed by atoms with Crippen molar-refractivity contribution in [3.63, 3.8) is 0 Å². The van der Waals surface area contributed by atoms with Gasteiger partial charge in [0.25, 0.3) is 0 Å². The number of allylic oxidation sites excluding steroid dienone is 1. The van der Waals surface area contributed by atoms with Crippen molar-refractivity contribution in [1.82, 2.24) is 0 Å². The van der Waals surface area contributed by atoms with Crippen LogP contribution in [0, 0.1) is 0 Å². The van der Waals surface area contributed by atoms with Gasteiger partial charge in [-0.25, -0.2) is 4.79 Å². The highest BCUT2D eigenvalue weighted by atomic mass is 16.5. The first-order valence-corrected chi connectivity index (χ1v) is 5.81. The Morgan fingerprint density at radius 1 is 1.17 bits per heavy atom. The number of aliphatic carboxylic acids is 1. The Labute approximate surface area is 106 Å². The molecule has 0 saturated heterocycles. The third-order valence-electron chi connectivity index (χ3n) is 2.42. The largest absolute Gasteiger partial charge is 0.478 e. The Bertz CT molecular complexity index is 457. The van der Waals surface area contributed by atoms with Crippen molar-refractivity contribution in [2.75, 3.05) is 0 Å². The van der Waals surface area contributed by atoms with Crippen molar-refractivity contribution in [1.29, 1.82) is 0 Å². The van der Waals surface area contributed by atoms with Gasteiger partial charge in [-0.05, 0) is 29.7 Å². The number of esters is 1. The summed E-state index contributed by atoms with van der Waals surface area (Å²) in [7, 11) is 0. The minimum absolute atomic E-state index is 0.292. The van der Waals surface area contributed by atoms with Gasteiger partial charge in [-0.1, -0.05) is 26.0 Å². The Balaban J connectivity index is 2.87. The molecule has 0 atom stereocenters. The van der Waals surface area contributed by atoms with Crippen LogP contribution in [0.25, 0.3) is 5.57 Å². The summed E-state index contributed by atoms with van der Waals surface area (Å²) in [5, 5.41) is 8.74. The lowest BCUT2D eigenvalue weighted by Gasteiger charge is -2.06. The number of hydrogen-bond donors (Lipinski definition) is 1. The lowest BCUT2D eigenvalue weighted by molar-refractivity contribution is -0.134. The third kappa shape index (κ3) is 4.05. The van der Waals surface area contributed by atoms with Gasteiger partial charge in [0.1, 0.15) is 5.75 Å². The predicted molar refractivity (Wildman–Crippen MR) is 68.3 cm³/mol. The molecule has 0 amide bonds. The molecule has 0 aliphatic rings. The van der Waals surface area contributed by atoms with E-state index in [1.165, 1.54) is 6.08 Å². The molecule has 96 valence electrons. The van der Waals surface area contributed by atoms with Crippen LogP contribution in [-0.2, 0) is 9.59 Å². The Hall–Kier alpha value is -2.10. The topological polar surface area (TPSA) is 63.6 Å². The Morgan fingerprint density at radius 2 is 1.78 bits per heavy atom. The summed E-state index contributed by atoms with van der Waals surface area (Å²) in [6.07, 6.45) is 2.13. The first-order valence-electron chi connectivity index (χ1n) is 5.81. The number of hydrogen-bond acceptors (Lipinski definition) is 3. The van der Waals surface area contributed by atoms with Crippen molar-refractivity contribution in [3.8, 4) is 5.75 Å². The van der Waals surface area contributed by atoms with Crippen molar-refractivity contribution in [2.24, 2.45) is 0 Å². The van der Waals surface area contributed by atoms with Gasteiger partial charge in [-0.3, -0.25) is 4.79 Å². The molecule has 0 bridgehead atoms. The van der Waals surface area contributed by atoms with E-state index in [4.69, 9.17) is 9.84 Å². The number of carboxylic acid groups (broad SMARTS) is 1. The monoisotopic (exact) mass is 248 g/mol. The maximum absolute atomic E-state index is 11.1. The maximum atomic E-state index is 11.1. The summed E-state index contributed by atoms with van der Waals surface area (Å²) in [6.45, 7) is 3.61. The van der Waals surface area contributed by atoms with Gasteiger partial charge in [0.05, 0.1) is 0 Å². The number of carbonyl (C=O) groups is 2. The molecule has 0 heterocycles. The zero-order valence-electron chi connectivity index (χ0n) is 10.5. The van der Waals surface area contributed by atoms with Crippen LogP contribution in [0.1, 0.15) is 32.3 Å². The molecule has 0 unspecified atom stereocenters. The minimum atomic E-state index is -0.965. The molecule has 1 aromatic rings. The van der Waals surface area contributed by atoms with E-state index < -0.39 is 5.97 Å². The molecule has 0 fully saturated rings. The molecule has 0 aliphatic heterocycles. The summed E-state index contributed by atoms with van der Waals surface area (Å²) in [4.78, 5) is 21.7. The number of rotatable bonds is 5. The van der Waals surface area contributed by atoms with Crippen molar-refractivity contribution < 1.29 is 19.4 Å². The van der Waals surface area contributed by atoms with E-state index in [0.717, 1.165) is 11.1 Å². The molecule has 1 aromatic carbocycles. The number of ether oxygens (including phenoxy) is 1. The van der Waals surface area contributed by atoms with E-state index in [2.05, 4.69) is 0 Å². The van der Waals surface area contributed by atoms with Crippen LogP contribution in [0.4, 0.5) is 0 Å². The number of carbonyl (C=O) groups excluding carboxylic acids is 1. The van der Waals surface area contributed by atoms with E-state index >= 15 is 0 Å². The smallest absolute Gasteiger partial charge is 0.328 e. The van der Waals surface area contributed by atoms with E-state index in [1.54, 1.807) is 31.2 Å². The summed E-state index contributed by atoms with van der Waals surface area (Å²) in [6, 6.07) is 6.82. The van der Waals surface area contributed by atoms with Gasteiger partial charge in [-0.15, -0.1) is 0 Å². The summed E-state index contributed by atoms with van der Waals surface area (Å²) in [5.74, 6) is -0.788. The minimum Gasteiger partial charge on any atom is -0.478 e. The third-order valence-corrected chi connectivity index (χ3v) is 2.42. The van der Waals surface area contributed by atoms with Gasteiger partial charge in [-0.2, -0.15) is 0 Å². The fraction of sp³-hybridized carbons (Fsp3) is 0.286. The van der Waals surface area contributed by atoms with E-state index in [1.807, 2.05) is 6.92 Å². The molecule has 0 saturated carbocycles. The molecule has 1 rings (SSSR count). The van der Waals surface area contributed by atoms with Crippen LogP contribution in [0.5, 0.6) is 5.75 Å². The Morgan fingerprint density at radius 3 is 2.22 bits per heavy atom. The first-order chi connectivity index (χ1) is 8.56. The van der Waals surface area contributed by atoms with E-state index in [0.29, 0.717) is 18.6 Å². The van der Waals surface area contributed by atoms with Crippen LogP contribution in [0.15, 0.2) is 30.3 Å². The van der Waals surface area contributed by atoms with Gasteiger partial charge in [0.2, 0.25) is 0 Å². The highest BCUT2D eigenvalue weighted by molar-refractivity contribution is 5.90. The van der Waals surface area contributed by atoms with E-state index in [9.17, 15) is 9.59 Å². The molecule has 0 spiro atoms. The average Bonchev–Trinajstić information content (AvgIpc) is 2.36. The SMILES string of the molecule is CCC(=O)Oc1ccc(C(=CC(=O)O)CC)cc1. The zero-order valence-corrected chi connectivity index (χ0v) is 10.5. The molecule has 4 heteroatoms.